The van der Waals surface area contributed by atoms with Crippen molar-refractivity contribution in [3.05, 3.63) is 112 Å². The van der Waals surface area contributed by atoms with Crippen molar-refractivity contribution in [2.75, 3.05) is 0 Å². The van der Waals surface area contributed by atoms with Crippen LogP contribution >= 0.6 is 0 Å². The van der Waals surface area contributed by atoms with Crippen LogP contribution in [0.3, 0.4) is 0 Å². The number of nitrogens with one attached hydrogen (secondary N) is 1. The molecule has 3 rings (SSSR count). The number of nitro benzene ring substituents is 1. The third kappa shape index (κ3) is 3.79. The van der Waals surface area contributed by atoms with Crippen molar-refractivity contribution in [1.29, 1.82) is 0 Å². The summed E-state index contributed by atoms with van der Waals surface area (Å²) in [6.07, 6.45) is 1.17. The number of hydrogen-bond donors (Lipinski definition) is 2. The molecule has 28 heavy (non-hydrogen) atoms. The zero-order valence-corrected chi connectivity index (χ0v) is 14.7. The standard InChI is InChI=1S/C21H17N3O4/c25-20(23-22-15-16-9-7-8-14-19(16)24(27)28)21(26,17-10-3-1-4-11-17)18-12-5-2-6-13-18/h1-15,26H,(H,23,25)/b22-15-. The fourth-order valence-corrected chi connectivity index (χ4v) is 2.79. The van der Waals surface area contributed by atoms with E-state index in [1.165, 1.54) is 24.4 Å². The van der Waals surface area contributed by atoms with Gasteiger partial charge in [-0.2, -0.15) is 5.10 Å². The quantitative estimate of drug-likeness (QED) is 0.392. The second-order valence-electron chi connectivity index (χ2n) is 5.96. The number of rotatable bonds is 6. The highest BCUT2D eigenvalue weighted by Crippen LogP contribution is 2.29. The Hall–Kier alpha value is -3.84. The van der Waals surface area contributed by atoms with E-state index in [1.54, 1.807) is 66.7 Å². The molecule has 0 fully saturated rings. The molecule has 3 aromatic rings. The van der Waals surface area contributed by atoms with Gasteiger partial charge in [-0.1, -0.05) is 72.8 Å². The van der Waals surface area contributed by atoms with Gasteiger partial charge in [-0.3, -0.25) is 14.9 Å². The summed E-state index contributed by atoms with van der Waals surface area (Å²) in [7, 11) is 0. The number of hydrogen-bond acceptors (Lipinski definition) is 5. The van der Waals surface area contributed by atoms with E-state index in [4.69, 9.17) is 0 Å². The van der Waals surface area contributed by atoms with E-state index in [1.807, 2.05) is 0 Å². The lowest BCUT2D eigenvalue weighted by Gasteiger charge is -2.27. The van der Waals surface area contributed by atoms with E-state index in [0.29, 0.717) is 11.1 Å². The molecule has 0 saturated heterocycles. The minimum atomic E-state index is -1.97. The van der Waals surface area contributed by atoms with E-state index in [2.05, 4.69) is 10.5 Å². The van der Waals surface area contributed by atoms with Gasteiger partial charge in [0.05, 0.1) is 16.7 Å². The Labute approximate surface area is 161 Å². The summed E-state index contributed by atoms with van der Waals surface area (Å²) in [5.74, 6) is -0.778. The number of benzene rings is 3. The third-order valence-corrected chi connectivity index (χ3v) is 4.21. The molecular formula is C21H17N3O4. The molecule has 0 aliphatic rings. The van der Waals surface area contributed by atoms with Gasteiger partial charge in [0.1, 0.15) is 0 Å². The summed E-state index contributed by atoms with van der Waals surface area (Å²) in [6.45, 7) is 0. The van der Waals surface area contributed by atoms with Crippen molar-refractivity contribution in [2.45, 2.75) is 5.60 Å². The van der Waals surface area contributed by atoms with Crippen LogP contribution in [-0.2, 0) is 10.4 Å². The molecule has 0 aromatic heterocycles. The fraction of sp³-hybridized carbons (Fsp3) is 0.0476. The van der Waals surface area contributed by atoms with Gasteiger partial charge in [-0.25, -0.2) is 5.43 Å². The number of nitro groups is 1. The highest BCUT2D eigenvalue weighted by molar-refractivity contribution is 5.92. The van der Waals surface area contributed by atoms with Gasteiger partial charge in [-0.15, -0.1) is 0 Å². The van der Waals surface area contributed by atoms with Crippen LogP contribution in [-0.4, -0.2) is 22.2 Å². The lowest BCUT2D eigenvalue weighted by Crippen LogP contribution is -2.43. The number of aliphatic hydroxyl groups is 1. The van der Waals surface area contributed by atoms with Crippen LogP contribution in [0.25, 0.3) is 0 Å². The van der Waals surface area contributed by atoms with Gasteiger partial charge in [0, 0.05) is 6.07 Å². The Kier molecular flexibility index (Phi) is 5.57. The van der Waals surface area contributed by atoms with Crippen LogP contribution in [0.1, 0.15) is 16.7 Å². The molecule has 0 heterocycles. The maximum Gasteiger partial charge on any atom is 0.281 e. The summed E-state index contributed by atoms with van der Waals surface area (Å²) in [5, 5.41) is 26.1. The van der Waals surface area contributed by atoms with Crippen molar-refractivity contribution in [3.63, 3.8) is 0 Å². The lowest BCUT2D eigenvalue weighted by molar-refractivity contribution is -0.385. The zero-order valence-electron chi connectivity index (χ0n) is 14.7. The van der Waals surface area contributed by atoms with Crippen molar-refractivity contribution in [1.82, 2.24) is 5.43 Å². The van der Waals surface area contributed by atoms with Gasteiger partial charge in [0.2, 0.25) is 0 Å². The topological polar surface area (TPSA) is 105 Å². The molecule has 2 N–H and O–H groups in total. The molecular weight excluding hydrogens is 358 g/mol. The normalized spacial score (nSPS) is 11.3. The van der Waals surface area contributed by atoms with E-state index < -0.39 is 16.4 Å². The first-order valence-corrected chi connectivity index (χ1v) is 8.44. The molecule has 0 atom stereocenters. The van der Waals surface area contributed by atoms with Crippen LogP contribution in [0.2, 0.25) is 0 Å². The minimum absolute atomic E-state index is 0.137. The van der Waals surface area contributed by atoms with Gasteiger partial charge >= 0.3 is 0 Å². The first-order valence-electron chi connectivity index (χ1n) is 8.44. The molecule has 1 amide bonds. The van der Waals surface area contributed by atoms with Crippen molar-refractivity contribution >= 4 is 17.8 Å². The van der Waals surface area contributed by atoms with Gasteiger partial charge in [-0.05, 0) is 17.2 Å². The maximum atomic E-state index is 12.9. The van der Waals surface area contributed by atoms with E-state index in [0.717, 1.165) is 0 Å². The maximum absolute atomic E-state index is 12.9. The first kappa shape index (κ1) is 18.9. The van der Waals surface area contributed by atoms with Crippen LogP contribution in [0, 0.1) is 10.1 Å². The summed E-state index contributed by atoms with van der Waals surface area (Å²) < 4.78 is 0. The predicted molar refractivity (Wildman–Crippen MR) is 105 cm³/mol. The number of carbonyl (C=O) groups excluding carboxylic acids is 1. The Bertz CT molecular complexity index is 965. The molecule has 0 aliphatic carbocycles. The second-order valence-corrected chi connectivity index (χ2v) is 5.96. The van der Waals surface area contributed by atoms with Crippen molar-refractivity contribution in [3.8, 4) is 0 Å². The summed E-state index contributed by atoms with van der Waals surface area (Å²) in [6, 6.07) is 23.0. The van der Waals surface area contributed by atoms with Crippen molar-refractivity contribution < 1.29 is 14.8 Å². The molecule has 0 spiro atoms. The molecule has 7 nitrogen and oxygen atoms in total. The molecule has 0 radical (unpaired) electrons. The molecule has 140 valence electrons. The molecule has 0 saturated carbocycles. The highest BCUT2D eigenvalue weighted by atomic mass is 16.6. The number of amides is 1. The van der Waals surface area contributed by atoms with Gasteiger partial charge < -0.3 is 5.11 Å². The number of carbonyl (C=O) groups is 1. The smallest absolute Gasteiger partial charge is 0.281 e. The van der Waals surface area contributed by atoms with Crippen LogP contribution < -0.4 is 5.43 Å². The van der Waals surface area contributed by atoms with E-state index >= 15 is 0 Å². The number of para-hydroxylation sites is 1. The Morgan fingerprint density at radius 3 is 1.96 bits per heavy atom. The van der Waals surface area contributed by atoms with Crippen LogP contribution in [0.5, 0.6) is 0 Å². The molecule has 0 aliphatic heterocycles. The molecule has 0 unspecified atom stereocenters. The summed E-state index contributed by atoms with van der Waals surface area (Å²) >= 11 is 0. The van der Waals surface area contributed by atoms with E-state index in [-0.39, 0.29) is 11.3 Å². The lowest BCUT2D eigenvalue weighted by atomic mass is 9.85. The average molecular weight is 375 g/mol. The molecule has 3 aromatic carbocycles. The fourth-order valence-electron chi connectivity index (χ4n) is 2.79. The van der Waals surface area contributed by atoms with E-state index in [9.17, 15) is 20.0 Å². The predicted octanol–water partition coefficient (Wildman–Crippen LogP) is 2.98. The number of nitrogens with zero attached hydrogens (tertiary/aromatic N) is 2. The first-order chi connectivity index (χ1) is 13.5. The zero-order chi connectivity index (χ0) is 20.0. The minimum Gasteiger partial charge on any atom is -0.372 e. The average Bonchev–Trinajstić information content (AvgIpc) is 2.74. The monoisotopic (exact) mass is 375 g/mol. The SMILES string of the molecule is O=C(N/N=C\c1ccccc1[N+](=O)[O-])C(O)(c1ccccc1)c1ccccc1. The van der Waals surface area contributed by atoms with Crippen LogP contribution in [0.4, 0.5) is 5.69 Å². The molecule has 7 heteroatoms. The highest BCUT2D eigenvalue weighted by Gasteiger charge is 2.39. The van der Waals surface area contributed by atoms with Crippen molar-refractivity contribution in [2.24, 2.45) is 5.10 Å². The second kappa shape index (κ2) is 8.24. The Balaban J connectivity index is 1.91. The third-order valence-electron chi connectivity index (χ3n) is 4.21. The van der Waals surface area contributed by atoms with Gasteiger partial charge in [0.15, 0.2) is 5.60 Å². The van der Waals surface area contributed by atoms with Gasteiger partial charge in [0.25, 0.3) is 11.6 Å². The Morgan fingerprint density at radius 1 is 0.929 bits per heavy atom. The van der Waals surface area contributed by atoms with Crippen LogP contribution in [0.15, 0.2) is 90.0 Å². The summed E-state index contributed by atoms with van der Waals surface area (Å²) in [5.41, 5.74) is 1.17. The summed E-state index contributed by atoms with van der Waals surface area (Å²) in [4.78, 5) is 23.4. The largest absolute Gasteiger partial charge is 0.372 e. The number of hydrazone groups is 1. The Morgan fingerprint density at radius 2 is 1.43 bits per heavy atom. The molecule has 0 bridgehead atoms.